The number of hydrogen-bond acceptors (Lipinski definition) is 3. The maximum absolute atomic E-state index is 4.65. The van der Waals surface area contributed by atoms with E-state index in [4.69, 9.17) is 0 Å². The predicted molar refractivity (Wildman–Crippen MR) is 30.6 cm³/mol. The van der Waals surface area contributed by atoms with Crippen molar-refractivity contribution in [1.29, 1.82) is 0 Å². The third kappa shape index (κ3) is 0.691. The van der Waals surface area contributed by atoms with Gasteiger partial charge in [-0.05, 0) is 12.1 Å². The third-order valence-corrected chi connectivity index (χ3v) is 1.02. The highest BCUT2D eigenvalue weighted by atomic mass is 32.1. The molecule has 0 amide bonds. The van der Waals surface area contributed by atoms with E-state index >= 15 is 0 Å². The van der Waals surface area contributed by atoms with Gasteiger partial charge in [-0.25, -0.2) is 0 Å². The van der Waals surface area contributed by atoms with Gasteiger partial charge in [0, 0.05) is 0 Å². The predicted octanol–water partition coefficient (Wildman–Crippen LogP) is 1.16. The first-order valence-corrected chi connectivity index (χ1v) is 2.21. The highest BCUT2D eigenvalue weighted by molar-refractivity contribution is 7.82. The SMILES string of the molecule is CC1=NN=NC1=S. The van der Waals surface area contributed by atoms with E-state index in [9.17, 15) is 0 Å². The lowest BCUT2D eigenvalue weighted by Crippen LogP contribution is -1.96. The molecule has 0 unspecified atom stereocenters. The molecule has 0 fully saturated rings. The second kappa shape index (κ2) is 1.46. The smallest absolute Gasteiger partial charge is 0.132 e. The van der Waals surface area contributed by atoms with Crippen LogP contribution in [0.4, 0.5) is 0 Å². The molecule has 0 aromatic carbocycles. The molecular formula is C3H3N3S. The summed E-state index contributed by atoms with van der Waals surface area (Å²) in [4.78, 5) is 0.500. The summed E-state index contributed by atoms with van der Waals surface area (Å²) in [5.74, 6) is 0. The van der Waals surface area contributed by atoms with Gasteiger partial charge in [0.15, 0.2) is 4.99 Å². The second-order valence-corrected chi connectivity index (χ2v) is 1.57. The minimum Gasteiger partial charge on any atom is -0.132 e. The molecule has 1 aliphatic heterocycles. The van der Waals surface area contributed by atoms with Crippen LogP contribution in [0.5, 0.6) is 0 Å². The third-order valence-electron chi connectivity index (χ3n) is 0.640. The maximum atomic E-state index is 4.65. The van der Waals surface area contributed by atoms with Crippen molar-refractivity contribution >= 4 is 22.9 Å². The van der Waals surface area contributed by atoms with Crippen LogP contribution in [-0.4, -0.2) is 10.7 Å². The average Bonchev–Trinajstić information content (AvgIpc) is 1.91. The van der Waals surface area contributed by atoms with E-state index < -0.39 is 0 Å². The molecule has 0 saturated heterocycles. The first kappa shape index (κ1) is 4.52. The van der Waals surface area contributed by atoms with Gasteiger partial charge in [-0.2, -0.15) is 0 Å². The van der Waals surface area contributed by atoms with Gasteiger partial charge in [0.1, 0.15) is 5.71 Å². The summed E-state index contributed by atoms with van der Waals surface area (Å²) >= 11 is 4.65. The van der Waals surface area contributed by atoms with Crippen LogP contribution in [0, 0.1) is 0 Å². The molecule has 0 bridgehead atoms. The Morgan fingerprint density at radius 3 is 2.43 bits per heavy atom. The largest absolute Gasteiger partial charge is 0.173 e. The Kier molecular flexibility index (Phi) is 0.941. The fourth-order valence-corrected chi connectivity index (χ4v) is 0.323. The van der Waals surface area contributed by atoms with Crippen molar-refractivity contribution in [3.05, 3.63) is 0 Å². The van der Waals surface area contributed by atoms with Crippen LogP contribution in [0.3, 0.4) is 0 Å². The van der Waals surface area contributed by atoms with E-state index in [0.29, 0.717) is 4.99 Å². The van der Waals surface area contributed by atoms with E-state index in [1.807, 2.05) is 0 Å². The lowest BCUT2D eigenvalue weighted by molar-refractivity contribution is 1.13. The molecule has 0 atom stereocenters. The summed E-state index contributed by atoms with van der Waals surface area (Å²) in [6, 6.07) is 0. The van der Waals surface area contributed by atoms with Crippen molar-refractivity contribution in [2.45, 2.75) is 6.92 Å². The van der Waals surface area contributed by atoms with Crippen molar-refractivity contribution in [3.8, 4) is 0 Å². The quantitative estimate of drug-likeness (QED) is 0.434. The molecule has 0 aromatic rings. The molecule has 0 spiro atoms. The Morgan fingerprint density at radius 2 is 2.29 bits per heavy atom. The van der Waals surface area contributed by atoms with E-state index in [2.05, 4.69) is 27.7 Å². The molecular weight excluding hydrogens is 110 g/mol. The summed E-state index contributed by atoms with van der Waals surface area (Å²) in [7, 11) is 0. The van der Waals surface area contributed by atoms with Crippen LogP contribution in [0.2, 0.25) is 0 Å². The highest BCUT2D eigenvalue weighted by Gasteiger charge is 2.02. The van der Waals surface area contributed by atoms with E-state index in [0.717, 1.165) is 5.71 Å². The summed E-state index contributed by atoms with van der Waals surface area (Å²) in [6.07, 6.45) is 0. The Labute approximate surface area is 46.1 Å². The van der Waals surface area contributed by atoms with Gasteiger partial charge in [0.05, 0.1) is 0 Å². The van der Waals surface area contributed by atoms with Gasteiger partial charge in [0.2, 0.25) is 0 Å². The fourth-order valence-electron chi connectivity index (χ4n) is 0.245. The summed E-state index contributed by atoms with van der Waals surface area (Å²) in [6.45, 7) is 1.78. The monoisotopic (exact) mass is 113 g/mol. The van der Waals surface area contributed by atoms with Gasteiger partial charge in [0.25, 0.3) is 0 Å². The zero-order chi connectivity index (χ0) is 5.28. The zero-order valence-corrected chi connectivity index (χ0v) is 4.57. The number of hydrogen-bond donors (Lipinski definition) is 0. The van der Waals surface area contributed by atoms with Crippen molar-refractivity contribution in [2.24, 2.45) is 15.4 Å². The van der Waals surface area contributed by atoms with Crippen molar-refractivity contribution in [2.75, 3.05) is 0 Å². The lowest BCUT2D eigenvalue weighted by Gasteiger charge is -1.76. The van der Waals surface area contributed by atoms with Gasteiger partial charge in [-0.15, -0.1) is 10.2 Å². The maximum Gasteiger partial charge on any atom is 0.173 e. The first-order valence-electron chi connectivity index (χ1n) is 1.80. The molecule has 3 nitrogen and oxygen atoms in total. The number of rotatable bonds is 0. The van der Waals surface area contributed by atoms with E-state index in [-0.39, 0.29) is 0 Å². The number of nitrogens with zero attached hydrogens (tertiary/aromatic N) is 3. The van der Waals surface area contributed by atoms with Gasteiger partial charge in [-0.3, -0.25) is 0 Å². The van der Waals surface area contributed by atoms with E-state index in [1.54, 1.807) is 6.92 Å². The molecule has 0 radical (unpaired) electrons. The molecule has 0 aliphatic carbocycles. The van der Waals surface area contributed by atoms with Crippen LogP contribution in [0.1, 0.15) is 6.92 Å². The Hall–Kier alpha value is -0.640. The minimum atomic E-state index is 0.500. The Bertz CT molecular complexity index is 158. The van der Waals surface area contributed by atoms with Gasteiger partial charge >= 0.3 is 0 Å². The van der Waals surface area contributed by atoms with Crippen LogP contribution in [-0.2, 0) is 0 Å². The minimum absolute atomic E-state index is 0.500. The average molecular weight is 113 g/mol. The summed E-state index contributed by atoms with van der Waals surface area (Å²) in [5.41, 5.74) is 0.731. The molecule has 1 heterocycles. The lowest BCUT2D eigenvalue weighted by atomic mass is 10.4. The summed E-state index contributed by atoms with van der Waals surface area (Å²) in [5, 5.41) is 10.3. The Balaban J connectivity index is 2.89. The molecule has 4 heteroatoms. The molecule has 7 heavy (non-hydrogen) atoms. The van der Waals surface area contributed by atoms with Crippen molar-refractivity contribution in [1.82, 2.24) is 0 Å². The normalized spacial score (nSPS) is 17.9. The Morgan fingerprint density at radius 1 is 1.57 bits per heavy atom. The first-order chi connectivity index (χ1) is 3.30. The fraction of sp³-hybridized carbons (Fsp3) is 0.333. The molecule has 0 N–H and O–H groups in total. The topological polar surface area (TPSA) is 37.1 Å². The van der Waals surface area contributed by atoms with Crippen LogP contribution in [0.25, 0.3) is 0 Å². The number of thiocarbonyl (C=S) groups is 1. The standard InChI is InChI=1S/C3H3N3S/c1-2-3(7)5-6-4-2/h1H3. The second-order valence-electron chi connectivity index (χ2n) is 1.18. The van der Waals surface area contributed by atoms with Gasteiger partial charge in [-0.1, -0.05) is 12.2 Å². The molecule has 1 aliphatic rings. The van der Waals surface area contributed by atoms with Crippen LogP contribution in [0.15, 0.2) is 15.4 Å². The highest BCUT2D eigenvalue weighted by Crippen LogP contribution is 1.96. The van der Waals surface area contributed by atoms with E-state index in [1.165, 1.54) is 0 Å². The molecule has 0 saturated carbocycles. The molecule has 0 aromatic heterocycles. The van der Waals surface area contributed by atoms with Crippen molar-refractivity contribution in [3.63, 3.8) is 0 Å². The van der Waals surface area contributed by atoms with Crippen molar-refractivity contribution < 1.29 is 0 Å². The zero-order valence-electron chi connectivity index (χ0n) is 3.75. The van der Waals surface area contributed by atoms with Gasteiger partial charge < -0.3 is 0 Å². The summed E-state index contributed by atoms with van der Waals surface area (Å²) < 4.78 is 0. The molecule has 36 valence electrons. The van der Waals surface area contributed by atoms with Crippen LogP contribution >= 0.6 is 12.2 Å². The van der Waals surface area contributed by atoms with Crippen LogP contribution < -0.4 is 0 Å². The molecule has 1 rings (SSSR count).